The number of H-pyrrole nitrogens is 1. The maximum atomic E-state index is 11.2. The molecule has 1 aromatic heterocycles. The highest BCUT2D eigenvalue weighted by molar-refractivity contribution is 6.35. The second-order valence-corrected chi connectivity index (χ2v) is 5.74. The van der Waals surface area contributed by atoms with E-state index in [0.29, 0.717) is 11.4 Å². The molecule has 4 heteroatoms. The number of hydrogen-bond acceptors (Lipinski definition) is 1. The molecule has 0 radical (unpaired) electrons. The summed E-state index contributed by atoms with van der Waals surface area (Å²) in [7, 11) is 0. The Morgan fingerprint density at radius 2 is 2.11 bits per heavy atom. The first kappa shape index (κ1) is 13.0. The van der Waals surface area contributed by atoms with Gasteiger partial charge in [-0.05, 0) is 50.5 Å². The lowest BCUT2D eigenvalue weighted by Gasteiger charge is -2.19. The minimum Gasteiger partial charge on any atom is -0.481 e. The summed E-state index contributed by atoms with van der Waals surface area (Å²) in [5.41, 5.74) is 2.18. The number of aliphatic carboxylic acids is 1. The maximum absolute atomic E-state index is 11.2. The van der Waals surface area contributed by atoms with Crippen LogP contribution in [0.5, 0.6) is 0 Å². The number of rotatable bonds is 3. The Balaban J connectivity index is 2.47. The minimum absolute atomic E-state index is 0.461. The van der Waals surface area contributed by atoms with E-state index >= 15 is 0 Å². The van der Waals surface area contributed by atoms with E-state index in [2.05, 4.69) is 4.98 Å². The monoisotopic (exact) mass is 265 g/mol. The average molecular weight is 266 g/mol. The van der Waals surface area contributed by atoms with E-state index in [4.69, 9.17) is 16.7 Å². The average Bonchev–Trinajstić information content (AvgIpc) is 2.60. The van der Waals surface area contributed by atoms with Gasteiger partial charge in [0, 0.05) is 11.6 Å². The number of nitrogens with one attached hydrogen (secondary N) is 1. The van der Waals surface area contributed by atoms with Gasteiger partial charge in [-0.1, -0.05) is 11.6 Å². The highest BCUT2D eigenvalue weighted by Crippen LogP contribution is 2.30. The number of aromatic nitrogens is 1. The minimum atomic E-state index is -0.801. The van der Waals surface area contributed by atoms with E-state index < -0.39 is 11.4 Å². The fourth-order valence-electron chi connectivity index (χ4n) is 2.07. The maximum Gasteiger partial charge on any atom is 0.309 e. The molecule has 0 unspecified atom stereocenters. The van der Waals surface area contributed by atoms with Crippen LogP contribution in [-0.4, -0.2) is 16.1 Å². The van der Waals surface area contributed by atoms with Gasteiger partial charge in [0.15, 0.2) is 0 Å². The van der Waals surface area contributed by atoms with Crippen LogP contribution < -0.4 is 0 Å². The summed E-state index contributed by atoms with van der Waals surface area (Å²) in [6.45, 7) is 5.44. The number of carboxylic acids is 1. The predicted molar refractivity (Wildman–Crippen MR) is 73.2 cm³/mol. The lowest BCUT2D eigenvalue weighted by atomic mass is 9.85. The third kappa shape index (κ3) is 2.23. The van der Waals surface area contributed by atoms with Gasteiger partial charge in [-0.15, -0.1) is 0 Å². The first-order valence-electron chi connectivity index (χ1n) is 5.81. The van der Waals surface area contributed by atoms with Crippen molar-refractivity contribution in [3.63, 3.8) is 0 Å². The van der Waals surface area contributed by atoms with E-state index in [1.54, 1.807) is 13.8 Å². The molecule has 1 heterocycles. The van der Waals surface area contributed by atoms with Crippen molar-refractivity contribution < 1.29 is 9.90 Å². The molecule has 96 valence electrons. The lowest BCUT2D eigenvalue weighted by molar-refractivity contribution is -0.146. The van der Waals surface area contributed by atoms with Crippen LogP contribution >= 0.6 is 11.6 Å². The second kappa shape index (κ2) is 4.32. The molecule has 1 aromatic carbocycles. The third-order valence-electron chi connectivity index (χ3n) is 3.23. The summed E-state index contributed by atoms with van der Waals surface area (Å²) in [5.74, 6) is -0.801. The van der Waals surface area contributed by atoms with Crippen LogP contribution in [0.3, 0.4) is 0 Å². The first-order chi connectivity index (χ1) is 8.31. The van der Waals surface area contributed by atoms with Gasteiger partial charge in [0.05, 0.1) is 16.0 Å². The molecule has 3 nitrogen and oxygen atoms in total. The van der Waals surface area contributed by atoms with Crippen molar-refractivity contribution in [3.8, 4) is 0 Å². The Hall–Kier alpha value is -1.48. The van der Waals surface area contributed by atoms with Gasteiger partial charge in [0.25, 0.3) is 0 Å². The number of benzene rings is 1. The van der Waals surface area contributed by atoms with E-state index in [9.17, 15) is 4.79 Å². The largest absolute Gasteiger partial charge is 0.481 e. The second-order valence-electron chi connectivity index (χ2n) is 5.34. The van der Waals surface area contributed by atoms with Crippen LogP contribution in [0.25, 0.3) is 10.9 Å². The van der Waals surface area contributed by atoms with Gasteiger partial charge in [-0.25, -0.2) is 0 Å². The molecule has 18 heavy (non-hydrogen) atoms. The molecule has 2 N–H and O–H groups in total. The van der Waals surface area contributed by atoms with Crippen LogP contribution in [0.2, 0.25) is 5.02 Å². The Morgan fingerprint density at radius 3 is 2.72 bits per heavy atom. The number of aryl methyl sites for hydroxylation is 1. The van der Waals surface area contributed by atoms with Crippen molar-refractivity contribution >= 4 is 28.5 Å². The normalized spacial score (nSPS) is 12.0. The Morgan fingerprint density at radius 1 is 1.44 bits per heavy atom. The standard InChI is InChI=1S/C14H16ClNO2/c1-8-7-16-12-10(8)4-9(5-11(12)15)6-14(2,3)13(17)18/h4-5,7,16H,6H2,1-3H3,(H,17,18). The van der Waals surface area contributed by atoms with Crippen molar-refractivity contribution in [2.24, 2.45) is 5.41 Å². The summed E-state index contributed by atoms with van der Waals surface area (Å²) >= 11 is 6.21. The number of aromatic amines is 1. The van der Waals surface area contributed by atoms with Crippen LogP contribution in [0, 0.1) is 12.3 Å². The van der Waals surface area contributed by atoms with Gasteiger partial charge in [0.1, 0.15) is 0 Å². The first-order valence-corrected chi connectivity index (χ1v) is 6.18. The summed E-state index contributed by atoms with van der Waals surface area (Å²) in [6, 6.07) is 3.85. The van der Waals surface area contributed by atoms with E-state index in [1.807, 2.05) is 25.3 Å². The Labute approximate surface area is 111 Å². The highest BCUT2D eigenvalue weighted by Gasteiger charge is 2.27. The number of carboxylic acid groups (broad SMARTS) is 1. The molecule has 0 aliphatic rings. The molecule has 0 saturated heterocycles. The fraction of sp³-hybridized carbons (Fsp3) is 0.357. The summed E-state index contributed by atoms with van der Waals surface area (Å²) in [4.78, 5) is 14.3. The van der Waals surface area contributed by atoms with Crippen molar-refractivity contribution in [2.45, 2.75) is 27.2 Å². The highest BCUT2D eigenvalue weighted by atomic mass is 35.5. The van der Waals surface area contributed by atoms with Crippen LogP contribution in [-0.2, 0) is 11.2 Å². The number of carbonyl (C=O) groups is 1. The van der Waals surface area contributed by atoms with Crippen LogP contribution in [0.1, 0.15) is 25.0 Å². The van der Waals surface area contributed by atoms with E-state index in [0.717, 1.165) is 22.0 Å². The smallest absolute Gasteiger partial charge is 0.309 e. The topological polar surface area (TPSA) is 53.1 Å². The van der Waals surface area contributed by atoms with Crippen molar-refractivity contribution in [1.29, 1.82) is 0 Å². The summed E-state index contributed by atoms with van der Waals surface area (Å²) < 4.78 is 0. The molecule has 0 bridgehead atoms. The number of hydrogen-bond donors (Lipinski definition) is 2. The van der Waals surface area contributed by atoms with Crippen molar-refractivity contribution in [1.82, 2.24) is 4.98 Å². The summed E-state index contributed by atoms with van der Waals surface area (Å²) in [5, 5.41) is 10.9. The molecular weight excluding hydrogens is 250 g/mol. The zero-order valence-electron chi connectivity index (χ0n) is 10.7. The number of halogens is 1. The molecule has 2 aromatic rings. The molecule has 0 aliphatic heterocycles. The van der Waals surface area contributed by atoms with Crippen LogP contribution in [0.15, 0.2) is 18.3 Å². The Bertz CT molecular complexity index is 614. The van der Waals surface area contributed by atoms with Gasteiger partial charge in [-0.2, -0.15) is 0 Å². The van der Waals surface area contributed by atoms with Gasteiger partial charge < -0.3 is 10.1 Å². The molecule has 0 fully saturated rings. The Kier molecular flexibility index (Phi) is 3.11. The van der Waals surface area contributed by atoms with Crippen LogP contribution in [0.4, 0.5) is 0 Å². The zero-order chi connectivity index (χ0) is 13.5. The van der Waals surface area contributed by atoms with Gasteiger partial charge in [0.2, 0.25) is 0 Å². The van der Waals surface area contributed by atoms with Gasteiger partial charge >= 0.3 is 5.97 Å². The zero-order valence-corrected chi connectivity index (χ0v) is 11.4. The van der Waals surface area contributed by atoms with Gasteiger partial charge in [-0.3, -0.25) is 4.79 Å². The molecule has 0 atom stereocenters. The van der Waals surface area contributed by atoms with E-state index in [1.165, 1.54) is 0 Å². The lowest BCUT2D eigenvalue weighted by Crippen LogP contribution is -2.26. The molecule has 0 amide bonds. The third-order valence-corrected chi connectivity index (χ3v) is 3.53. The van der Waals surface area contributed by atoms with Crippen molar-refractivity contribution in [3.05, 3.63) is 34.5 Å². The number of fused-ring (bicyclic) bond motifs is 1. The fourth-order valence-corrected chi connectivity index (χ4v) is 2.36. The molecule has 0 saturated carbocycles. The molecular formula is C14H16ClNO2. The van der Waals surface area contributed by atoms with Crippen molar-refractivity contribution in [2.75, 3.05) is 0 Å². The molecule has 0 spiro atoms. The molecule has 0 aliphatic carbocycles. The summed E-state index contributed by atoms with van der Waals surface area (Å²) in [6.07, 6.45) is 2.37. The van der Waals surface area contributed by atoms with E-state index in [-0.39, 0.29) is 0 Å². The SMILES string of the molecule is Cc1c[nH]c2c(Cl)cc(CC(C)(C)C(=O)O)cc12. The predicted octanol–water partition coefficient (Wildman–Crippen LogP) is 3.78. The molecule has 2 rings (SSSR count). The quantitative estimate of drug-likeness (QED) is 0.887.